The first-order valence-electron chi connectivity index (χ1n) is 4.93. The van der Waals surface area contributed by atoms with Crippen LogP contribution in [0.1, 0.15) is 33.6 Å². The van der Waals surface area contributed by atoms with Crippen LogP contribution >= 0.6 is 0 Å². The molecule has 0 aromatic carbocycles. The van der Waals surface area contributed by atoms with E-state index in [-0.39, 0.29) is 0 Å². The highest BCUT2D eigenvalue weighted by Gasteiger charge is 2.11. The van der Waals surface area contributed by atoms with E-state index in [1.807, 2.05) is 7.05 Å². The maximum atomic E-state index is 4.04. The SMILES string of the molecule is C=C(CC)CC(C)C(C)CNC. The molecule has 1 N–H and O–H groups in total. The lowest BCUT2D eigenvalue weighted by Gasteiger charge is -2.20. The number of hydrogen-bond donors (Lipinski definition) is 1. The third-order valence-corrected chi connectivity index (χ3v) is 2.61. The van der Waals surface area contributed by atoms with Crippen molar-refractivity contribution in [1.82, 2.24) is 5.32 Å². The molecule has 0 aliphatic carbocycles. The zero-order valence-electron chi connectivity index (χ0n) is 8.98. The van der Waals surface area contributed by atoms with E-state index in [0.717, 1.165) is 24.8 Å². The Bertz CT molecular complexity index is 129. The molecule has 0 radical (unpaired) electrons. The molecule has 1 nitrogen and oxygen atoms in total. The predicted molar refractivity (Wildman–Crippen MR) is 56.3 cm³/mol. The molecular formula is C11H23N. The fourth-order valence-corrected chi connectivity index (χ4v) is 1.32. The van der Waals surface area contributed by atoms with Gasteiger partial charge in [0.2, 0.25) is 0 Å². The van der Waals surface area contributed by atoms with Gasteiger partial charge >= 0.3 is 0 Å². The van der Waals surface area contributed by atoms with Gasteiger partial charge in [-0.2, -0.15) is 0 Å². The smallest absolute Gasteiger partial charge is 0.00235 e. The summed E-state index contributed by atoms with van der Waals surface area (Å²) < 4.78 is 0. The molecule has 0 saturated carbocycles. The van der Waals surface area contributed by atoms with Crippen LogP contribution in [0.4, 0.5) is 0 Å². The Kier molecular flexibility index (Phi) is 6.09. The summed E-state index contributed by atoms with van der Waals surface area (Å²) in [4.78, 5) is 0. The normalized spacial score (nSPS) is 15.7. The number of allylic oxidation sites excluding steroid dienone is 1. The monoisotopic (exact) mass is 169 g/mol. The summed E-state index contributed by atoms with van der Waals surface area (Å²) in [5.74, 6) is 1.50. The molecule has 2 unspecified atom stereocenters. The summed E-state index contributed by atoms with van der Waals surface area (Å²) in [6.45, 7) is 11.9. The highest BCUT2D eigenvalue weighted by atomic mass is 14.8. The zero-order chi connectivity index (χ0) is 9.56. The van der Waals surface area contributed by atoms with Crippen LogP contribution in [0.3, 0.4) is 0 Å². The lowest BCUT2D eigenvalue weighted by atomic mass is 9.89. The van der Waals surface area contributed by atoms with E-state index in [0.29, 0.717) is 0 Å². The van der Waals surface area contributed by atoms with Gasteiger partial charge in [-0.15, -0.1) is 0 Å². The van der Waals surface area contributed by atoms with Gasteiger partial charge in [-0.05, 0) is 38.3 Å². The molecule has 0 saturated heterocycles. The van der Waals surface area contributed by atoms with Gasteiger partial charge in [-0.25, -0.2) is 0 Å². The van der Waals surface area contributed by atoms with Gasteiger partial charge in [-0.1, -0.05) is 32.9 Å². The molecule has 0 aromatic heterocycles. The molecule has 0 aliphatic heterocycles. The molecule has 0 aliphatic rings. The van der Waals surface area contributed by atoms with Crippen LogP contribution < -0.4 is 5.32 Å². The fraction of sp³-hybridized carbons (Fsp3) is 0.818. The molecule has 1 heteroatoms. The summed E-state index contributed by atoms with van der Waals surface area (Å²) in [5, 5.41) is 3.21. The molecule has 2 atom stereocenters. The van der Waals surface area contributed by atoms with Crippen molar-refractivity contribution in [2.24, 2.45) is 11.8 Å². The molecule has 0 fully saturated rings. The lowest BCUT2D eigenvalue weighted by molar-refractivity contribution is 0.372. The molecule has 0 rings (SSSR count). The molecule has 72 valence electrons. The minimum absolute atomic E-state index is 0.748. The summed E-state index contributed by atoms with van der Waals surface area (Å²) in [5.41, 5.74) is 1.38. The Morgan fingerprint density at radius 1 is 1.33 bits per heavy atom. The largest absolute Gasteiger partial charge is 0.319 e. The third kappa shape index (κ3) is 4.55. The van der Waals surface area contributed by atoms with Crippen molar-refractivity contribution in [2.75, 3.05) is 13.6 Å². The van der Waals surface area contributed by atoms with E-state index in [1.165, 1.54) is 12.0 Å². The second-order valence-corrected chi connectivity index (χ2v) is 3.82. The Morgan fingerprint density at radius 3 is 2.33 bits per heavy atom. The first-order chi connectivity index (χ1) is 5.61. The second kappa shape index (κ2) is 6.24. The van der Waals surface area contributed by atoms with Crippen LogP contribution in [-0.4, -0.2) is 13.6 Å². The van der Waals surface area contributed by atoms with E-state index in [2.05, 4.69) is 32.7 Å². The van der Waals surface area contributed by atoms with E-state index in [4.69, 9.17) is 0 Å². The Morgan fingerprint density at radius 2 is 1.92 bits per heavy atom. The molecule has 0 amide bonds. The molecule has 0 heterocycles. The lowest BCUT2D eigenvalue weighted by Crippen LogP contribution is -2.22. The van der Waals surface area contributed by atoms with Crippen molar-refractivity contribution < 1.29 is 0 Å². The zero-order valence-corrected chi connectivity index (χ0v) is 8.98. The minimum Gasteiger partial charge on any atom is -0.319 e. The molecule has 0 aromatic rings. The Balaban J connectivity index is 3.69. The predicted octanol–water partition coefficient (Wildman–Crippen LogP) is 2.83. The summed E-state index contributed by atoms with van der Waals surface area (Å²) in [6.07, 6.45) is 2.30. The molecular weight excluding hydrogens is 146 g/mol. The fourth-order valence-electron chi connectivity index (χ4n) is 1.32. The number of nitrogens with one attached hydrogen (secondary N) is 1. The van der Waals surface area contributed by atoms with Crippen LogP contribution in [0.15, 0.2) is 12.2 Å². The van der Waals surface area contributed by atoms with Crippen LogP contribution in [-0.2, 0) is 0 Å². The van der Waals surface area contributed by atoms with E-state index in [9.17, 15) is 0 Å². The topological polar surface area (TPSA) is 12.0 Å². The Hall–Kier alpha value is -0.300. The van der Waals surface area contributed by atoms with Crippen molar-refractivity contribution in [3.63, 3.8) is 0 Å². The van der Waals surface area contributed by atoms with Crippen LogP contribution in [0.2, 0.25) is 0 Å². The third-order valence-electron chi connectivity index (χ3n) is 2.61. The van der Waals surface area contributed by atoms with Gasteiger partial charge in [0.05, 0.1) is 0 Å². The van der Waals surface area contributed by atoms with Gasteiger partial charge in [-0.3, -0.25) is 0 Å². The van der Waals surface area contributed by atoms with Gasteiger partial charge < -0.3 is 5.32 Å². The summed E-state index contributed by atoms with van der Waals surface area (Å²) >= 11 is 0. The van der Waals surface area contributed by atoms with Crippen LogP contribution in [0, 0.1) is 11.8 Å². The average Bonchev–Trinajstić information content (AvgIpc) is 2.04. The van der Waals surface area contributed by atoms with Gasteiger partial charge in [0, 0.05) is 0 Å². The van der Waals surface area contributed by atoms with Crippen molar-refractivity contribution in [3.05, 3.63) is 12.2 Å². The average molecular weight is 169 g/mol. The van der Waals surface area contributed by atoms with Gasteiger partial charge in [0.25, 0.3) is 0 Å². The Labute approximate surface area is 77.2 Å². The van der Waals surface area contributed by atoms with Gasteiger partial charge in [0.1, 0.15) is 0 Å². The highest BCUT2D eigenvalue weighted by molar-refractivity contribution is 4.94. The van der Waals surface area contributed by atoms with Crippen LogP contribution in [0.5, 0.6) is 0 Å². The van der Waals surface area contributed by atoms with Crippen molar-refractivity contribution in [3.8, 4) is 0 Å². The van der Waals surface area contributed by atoms with Crippen molar-refractivity contribution >= 4 is 0 Å². The molecule has 0 bridgehead atoms. The number of hydrogen-bond acceptors (Lipinski definition) is 1. The van der Waals surface area contributed by atoms with E-state index in [1.54, 1.807) is 0 Å². The molecule has 12 heavy (non-hydrogen) atoms. The quantitative estimate of drug-likeness (QED) is 0.603. The first kappa shape index (κ1) is 11.7. The summed E-state index contributed by atoms with van der Waals surface area (Å²) in [6, 6.07) is 0. The minimum atomic E-state index is 0.748. The van der Waals surface area contributed by atoms with Gasteiger partial charge in [0.15, 0.2) is 0 Å². The summed E-state index contributed by atoms with van der Waals surface area (Å²) in [7, 11) is 2.01. The van der Waals surface area contributed by atoms with Crippen molar-refractivity contribution in [2.45, 2.75) is 33.6 Å². The second-order valence-electron chi connectivity index (χ2n) is 3.82. The maximum Gasteiger partial charge on any atom is -0.00235 e. The standard InChI is InChI=1S/C11H23N/c1-6-9(2)7-10(3)11(4)8-12-5/h10-12H,2,6-8H2,1,3-5H3. The van der Waals surface area contributed by atoms with Crippen LogP contribution in [0.25, 0.3) is 0 Å². The van der Waals surface area contributed by atoms with E-state index >= 15 is 0 Å². The highest BCUT2D eigenvalue weighted by Crippen LogP contribution is 2.19. The first-order valence-corrected chi connectivity index (χ1v) is 4.93. The number of rotatable bonds is 6. The van der Waals surface area contributed by atoms with E-state index < -0.39 is 0 Å². The maximum absolute atomic E-state index is 4.04. The molecule has 0 spiro atoms. The van der Waals surface area contributed by atoms with Crippen molar-refractivity contribution in [1.29, 1.82) is 0 Å².